The second-order valence-corrected chi connectivity index (χ2v) is 5.32. The van der Waals surface area contributed by atoms with Crippen molar-refractivity contribution in [3.63, 3.8) is 0 Å². The third-order valence-corrected chi connectivity index (χ3v) is 3.64. The second-order valence-electron chi connectivity index (χ2n) is 5.32. The summed E-state index contributed by atoms with van der Waals surface area (Å²) in [6.45, 7) is 0.802. The molecule has 0 saturated carbocycles. The molecule has 0 aliphatic carbocycles. The SMILES string of the molecule is N#CCCCCNc1nc(-c2ccccc2)nc2ccccc12. The minimum Gasteiger partial charge on any atom is -0.369 e. The van der Waals surface area contributed by atoms with Crippen LogP contribution >= 0.6 is 0 Å². The molecular weight excluding hydrogens is 284 g/mol. The topological polar surface area (TPSA) is 61.6 Å². The minimum atomic E-state index is 0.599. The summed E-state index contributed by atoms with van der Waals surface area (Å²) >= 11 is 0. The van der Waals surface area contributed by atoms with Crippen molar-refractivity contribution in [2.24, 2.45) is 0 Å². The Labute approximate surface area is 135 Å². The Morgan fingerprint density at radius 2 is 1.70 bits per heavy atom. The van der Waals surface area contributed by atoms with E-state index in [1.54, 1.807) is 0 Å². The van der Waals surface area contributed by atoms with Crippen LogP contribution in [-0.2, 0) is 0 Å². The third-order valence-electron chi connectivity index (χ3n) is 3.64. The minimum absolute atomic E-state index is 0.599. The summed E-state index contributed by atoms with van der Waals surface area (Å²) in [6, 6.07) is 20.2. The Kier molecular flexibility index (Phi) is 4.80. The van der Waals surface area contributed by atoms with Crippen LogP contribution in [0.5, 0.6) is 0 Å². The van der Waals surface area contributed by atoms with E-state index in [0.29, 0.717) is 6.42 Å². The van der Waals surface area contributed by atoms with Gasteiger partial charge in [0.15, 0.2) is 5.82 Å². The number of fused-ring (bicyclic) bond motifs is 1. The van der Waals surface area contributed by atoms with Gasteiger partial charge in [0.25, 0.3) is 0 Å². The number of para-hydroxylation sites is 1. The van der Waals surface area contributed by atoms with Crippen LogP contribution in [0.4, 0.5) is 5.82 Å². The number of unbranched alkanes of at least 4 members (excludes halogenated alkanes) is 2. The average molecular weight is 302 g/mol. The molecular formula is C19H18N4. The highest BCUT2D eigenvalue weighted by atomic mass is 15.0. The summed E-state index contributed by atoms with van der Waals surface area (Å²) in [5.41, 5.74) is 1.94. The molecule has 3 aromatic rings. The molecule has 1 heterocycles. The number of nitrogens with one attached hydrogen (secondary N) is 1. The summed E-state index contributed by atoms with van der Waals surface area (Å²) in [7, 11) is 0. The van der Waals surface area contributed by atoms with E-state index in [1.807, 2.05) is 54.6 Å². The van der Waals surface area contributed by atoms with Crippen LogP contribution in [-0.4, -0.2) is 16.5 Å². The largest absolute Gasteiger partial charge is 0.369 e. The summed E-state index contributed by atoms with van der Waals surface area (Å²) in [5.74, 6) is 1.58. The number of nitriles is 1. The van der Waals surface area contributed by atoms with E-state index in [-0.39, 0.29) is 0 Å². The summed E-state index contributed by atoms with van der Waals surface area (Å²) in [6.07, 6.45) is 2.45. The first-order valence-electron chi connectivity index (χ1n) is 7.81. The Morgan fingerprint density at radius 1 is 0.913 bits per heavy atom. The first-order chi connectivity index (χ1) is 11.4. The highest BCUT2D eigenvalue weighted by molar-refractivity contribution is 5.90. The van der Waals surface area contributed by atoms with Crippen molar-refractivity contribution in [1.29, 1.82) is 5.26 Å². The lowest BCUT2D eigenvalue weighted by Gasteiger charge is -2.10. The predicted molar refractivity (Wildman–Crippen MR) is 92.9 cm³/mol. The molecule has 4 heteroatoms. The fourth-order valence-corrected chi connectivity index (χ4v) is 2.46. The Hall–Kier alpha value is -2.93. The highest BCUT2D eigenvalue weighted by Crippen LogP contribution is 2.24. The van der Waals surface area contributed by atoms with Crippen molar-refractivity contribution in [2.45, 2.75) is 19.3 Å². The van der Waals surface area contributed by atoms with Crippen molar-refractivity contribution in [1.82, 2.24) is 9.97 Å². The van der Waals surface area contributed by atoms with Gasteiger partial charge in [-0.2, -0.15) is 5.26 Å². The van der Waals surface area contributed by atoms with Gasteiger partial charge in [0.2, 0.25) is 0 Å². The zero-order valence-electron chi connectivity index (χ0n) is 12.9. The van der Waals surface area contributed by atoms with Gasteiger partial charge in [0, 0.05) is 23.9 Å². The molecule has 4 nitrogen and oxygen atoms in total. The number of benzene rings is 2. The predicted octanol–water partition coefficient (Wildman–Crippen LogP) is 4.40. The van der Waals surface area contributed by atoms with Gasteiger partial charge in [-0.15, -0.1) is 0 Å². The van der Waals surface area contributed by atoms with E-state index in [1.165, 1.54) is 0 Å². The molecule has 0 amide bonds. The molecule has 0 radical (unpaired) electrons. The van der Waals surface area contributed by atoms with E-state index in [9.17, 15) is 0 Å². The van der Waals surface area contributed by atoms with Crippen LogP contribution in [0.2, 0.25) is 0 Å². The first-order valence-corrected chi connectivity index (χ1v) is 7.81. The van der Waals surface area contributed by atoms with Gasteiger partial charge in [0.05, 0.1) is 11.6 Å². The van der Waals surface area contributed by atoms with Crippen LogP contribution in [0, 0.1) is 11.3 Å². The van der Waals surface area contributed by atoms with Crippen LogP contribution in [0.25, 0.3) is 22.3 Å². The third kappa shape index (κ3) is 3.64. The molecule has 1 aromatic heterocycles. The lowest BCUT2D eigenvalue weighted by Crippen LogP contribution is -2.05. The van der Waals surface area contributed by atoms with Gasteiger partial charge in [-0.1, -0.05) is 42.5 Å². The van der Waals surface area contributed by atoms with Gasteiger partial charge < -0.3 is 5.32 Å². The molecule has 3 rings (SSSR count). The number of anilines is 1. The highest BCUT2D eigenvalue weighted by Gasteiger charge is 2.08. The monoisotopic (exact) mass is 302 g/mol. The molecule has 0 unspecified atom stereocenters. The van der Waals surface area contributed by atoms with Gasteiger partial charge in [-0.25, -0.2) is 9.97 Å². The lowest BCUT2D eigenvalue weighted by atomic mass is 10.2. The van der Waals surface area contributed by atoms with E-state index < -0.39 is 0 Å². The fraction of sp³-hybridized carbons (Fsp3) is 0.211. The molecule has 0 atom stereocenters. The second kappa shape index (κ2) is 7.37. The Morgan fingerprint density at radius 3 is 2.52 bits per heavy atom. The fourth-order valence-electron chi connectivity index (χ4n) is 2.46. The van der Waals surface area contributed by atoms with E-state index in [4.69, 9.17) is 10.2 Å². The molecule has 0 fully saturated rings. The Balaban J connectivity index is 1.90. The van der Waals surface area contributed by atoms with Gasteiger partial charge in [-0.3, -0.25) is 0 Å². The maximum Gasteiger partial charge on any atom is 0.162 e. The van der Waals surface area contributed by atoms with Crippen LogP contribution in [0.3, 0.4) is 0 Å². The summed E-state index contributed by atoms with van der Waals surface area (Å²) in [4.78, 5) is 9.37. The van der Waals surface area contributed by atoms with Crippen molar-refractivity contribution < 1.29 is 0 Å². The Bertz CT molecular complexity index is 822. The average Bonchev–Trinajstić information content (AvgIpc) is 2.62. The van der Waals surface area contributed by atoms with Gasteiger partial charge in [-0.05, 0) is 25.0 Å². The quantitative estimate of drug-likeness (QED) is 0.685. The molecule has 114 valence electrons. The maximum absolute atomic E-state index is 8.60. The molecule has 0 aliphatic rings. The molecule has 1 N–H and O–H groups in total. The van der Waals surface area contributed by atoms with Crippen molar-refractivity contribution >= 4 is 16.7 Å². The van der Waals surface area contributed by atoms with Gasteiger partial charge >= 0.3 is 0 Å². The van der Waals surface area contributed by atoms with Crippen molar-refractivity contribution in [2.75, 3.05) is 11.9 Å². The molecule has 23 heavy (non-hydrogen) atoms. The standard InChI is InChI=1S/C19H18N4/c20-13-7-2-8-14-21-19-16-11-5-6-12-17(16)22-18(23-19)15-9-3-1-4-10-15/h1,3-6,9-12H,2,7-8,14H2,(H,21,22,23). The molecule has 2 aromatic carbocycles. The number of rotatable bonds is 6. The molecule has 0 spiro atoms. The molecule has 0 aliphatic heterocycles. The molecule has 0 bridgehead atoms. The van der Waals surface area contributed by atoms with E-state index in [0.717, 1.165) is 47.5 Å². The van der Waals surface area contributed by atoms with Crippen molar-refractivity contribution in [3.05, 3.63) is 54.6 Å². The number of hydrogen-bond acceptors (Lipinski definition) is 4. The maximum atomic E-state index is 8.60. The zero-order chi connectivity index (χ0) is 15.9. The smallest absolute Gasteiger partial charge is 0.162 e. The number of aromatic nitrogens is 2. The zero-order valence-corrected chi connectivity index (χ0v) is 12.9. The first kappa shape index (κ1) is 15.0. The normalized spacial score (nSPS) is 10.4. The molecule has 0 saturated heterocycles. The van der Waals surface area contributed by atoms with Crippen LogP contribution in [0.15, 0.2) is 54.6 Å². The summed E-state index contributed by atoms with van der Waals surface area (Å²) < 4.78 is 0. The number of hydrogen-bond donors (Lipinski definition) is 1. The van der Waals surface area contributed by atoms with Crippen LogP contribution < -0.4 is 5.32 Å². The number of nitrogens with zero attached hydrogens (tertiary/aromatic N) is 3. The lowest BCUT2D eigenvalue weighted by molar-refractivity contribution is 0.783. The summed E-state index contributed by atoms with van der Waals surface area (Å²) in [5, 5.41) is 13.0. The van der Waals surface area contributed by atoms with E-state index >= 15 is 0 Å². The van der Waals surface area contributed by atoms with E-state index in [2.05, 4.69) is 16.4 Å². The van der Waals surface area contributed by atoms with Crippen LogP contribution in [0.1, 0.15) is 19.3 Å². The van der Waals surface area contributed by atoms with Gasteiger partial charge in [0.1, 0.15) is 5.82 Å². The van der Waals surface area contributed by atoms with Crippen molar-refractivity contribution in [3.8, 4) is 17.5 Å².